The minimum Gasteiger partial charge on any atom is -0.496 e. The van der Waals surface area contributed by atoms with Crippen LogP contribution in [0.15, 0.2) is 12.1 Å². The summed E-state index contributed by atoms with van der Waals surface area (Å²) in [5, 5.41) is 0.542. The molecule has 0 aliphatic carbocycles. The molecule has 5 nitrogen and oxygen atoms in total. The number of benzene rings is 1. The summed E-state index contributed by atoms with van der Waals surface area (Å²) in [6.45, 7) is 4.01. The number of aryl methyl sites for hydroxylation is 1. The van der Waals surface area contributed by atoms with E-state index in [0.717, 1.165) is 12.0 Å². The number of piperazine rings is 1. The first-order valence-corrected chi connectivity index (χ1v) is 6.77. The highest BCUT2D eigenvalue weighted by molar-refractivity contribution is 6.31. The third-order valence-electron chi connectivity index (χ3n) is 3.46. The van der Waals surface area contributed by atoms with Gasteiger partial charge in [-0.05, 0) is 24.6 Å². The van der Waals surface area contributed by atoms with Crippen LogP contribution >= 0.6 is 11.6 Å². The second kappa shape index (κ2) is 6.13. The molecular weight excluding hydrogens is 280 g/mol. The van der Waals surface area contributed by atoms with Crippen molar-refractivity contribution in [3.8, 4) is 5.75 Å². The molecule has 20 heavy (non-hydrogen) atoms. The summed E-state index contributed by atoms with van der Waals surface area (Å²) in [7, 11) is 1.53. The van der Waals surface area contributed by atoms with Gasteiger partial charge in [-0.15, -0.1) is 0 Å². The summed E-state index contributed by atoms with van der Waals surface area (Å²) in [5.74, 6) is 0.406. The van der Waals surface area contributed by atoms with Crippen molar-refractivity contribution in [3.05, 3.63) is 28.3 Å². The van der Waals surface area contributed by atoms with Crippen LogP contribution in [0.4, 0.5) is 0 Å². The lowest BCUT2D eigenvalue weighted by atomic mass is 10.1. The number of rotatable bonds is 3. The van der Waals surface area contributed by atoms with Crippen molar-refractivity contribution in [2.24, 2.45) is 0 Å². The van der Waals surface area contributed by atoms with E-state index in [9.17, 15) is 9.59 Å². The molecule has 0 N–H and O–H groups in total. The average Bonchev–Trinajstić information content (AvgIpc) is 2.49. The van der Waals surface area contributed by atoms with E-state index in [1.54, 1.807) is 21.9 Å². The van der Waals surface area contributed by atoms with Gasteiger partial charge in [0.25, 0.3) is 5.91 Å². The van der Waals surface area contributed by atoms with E-state index in [-0.39, 0.29) is 5.91 Å². The molecule has 0 aromatic heterocycles. The van der Waals surface area contributed by atoms with Gasteiger partial charge >= 0.3 is 0 Å². The molecule has 1 heterocycles. The molecule has 0 radical (unpaired) electrons. The Morgan fingerprint density at radius 3 is 2.50 bits per heavy atom. The maximum Gasteiger partial charge on any atom is 0.257 e. The minimum absolute atomic E-state index is 0.116. The van der Waals surface area contributed by atoms with Gasteiger partial charge in [0, 0.05) is 31.2 Å². The predicted octanol–water partition coefficient (Wildman–Crippen LogP) is 1.57. The van der Waals surface area contributed by atoms with E-state index in [0.29, 0.717) is 42.5 Å². The normalized spacial score (nSPS) is 15.2. The van der Waals surface area contributed by atoms with Gasteiger partial charge in [-0.25, -0.2) is 0 Å². The Morgan fingerprint density at radius 2 is 1.95 bits per heavy atom. The maximum atomic E-state index is 12.5. The molecule has 6 heteroatoms. The second-order valence-corrected chi connectivity index (χ2v) is 5.14. The summed E-state index contributed by atoms with van der Waals surface area (Å²) in [6.07, 6.45) is 0.811. The lowest BCUT2D eigenvalue weighted by Crippen LogP contribution is -2.48. The zero-order chi connectivity index (χ0) is 14.7. The highest BCUT2D eigenvalue weighted by Crippen LogP contribution is 2.27. The number of carbonyl (C=O) groups excluding carboxylic acids is 2. The van der Waals surface area contributed by atoms with Gasteiger partial charge < -0.3 is 14.5 Å². The van der Waals surface area contributed by atoms with Crippen LogP contribution in [0.5, 0.6) is 5.75 Å². The zero-order valence-electron chi connectivity index (χ0n) is 11.6. The van der Waals surface area contributed by atoms with Crippen LogP contribution in [0, 0.1) is 6.92 Å². The standard InChI is InChI=1S/C14H17ClN2O3/c1-10-7-13(20-2)11(8-12(10)15)14(19)17-5-3-16(9-18)4-6-17/h7-9H,3-6H2,1-2H3. The number of carbonyl (C=O) groups is 2. The van der Waals surface area contributed by atoms with Crippen molar-refractivity contribution in [3.63, 3.8) is 0 Å². The van der Waals surface area contributed by atoms with Gasteiger partial charge in [0.15, 0.2) is 0 Å². The van der Waals surface area contributed by atoms with Gasteiger partial charge in [-0.2, -0.15) is 0 Å². The van der Waals surface area contributed by atoms with Gasteiger partial charge in [-0.3, -0.25) is 9.59 Å². The fourth-order valence-electron chi connectivity index (χ4n) is 2.19. The van der Waals surface area contributed by atoms with E-state index in [4.69, 9.17) is 16.3 Å². The molecule has 1 aromatic carbocycles. The average molecular weight is 297 g/mol. The molecule has 0 unspecified atom stereocenters. The summed E-state index contributed by atoms with van der Waals surface area (Å²) in [6, 6.07) is 3.40. The highest BCUT2D eigenvalue weighted by Gasteiger charge is 2.24. The minimum atomic E-state index is -0.116. The lowest BCUT2D eigenvalue weighted by molar-refractivity contribution is -0.119. The number of hydrogen-bond acceptors (Lipinski definition) is 3. The number of nitrogens with zero attached hydrogens (tertiary/aromatic N) is 2. The predicted molar refractivity (Wildman–Crippen MR) is 76.3 cm³/mol. The molecule has 0 spiro atoms. The Labute approximate surface area is 123 Å². The molecule has 0 atom stereocenters. The molecule has 1 aliphatic heterocycles. The fraction of sp³-hybridized carbons (Fsp3) is 0.429. The Bertz CT molecular complexity index is 525. The van der Waals surface area contributed by atoms with Crippen LogP contribution in [-0.4, -0.2) is 55.4 Å². The van der Waals surface area contributed by atoms with Crippen molar-refractivity contribution in [1.29, 1.82) is 0 Å². The Morgan fingerprint density at radius 1 is 1.30 bits per heavy atom. The molecule has 0 bridgehead atoms. The summed E-state index contributed by atoms with van der Waals surface area (Å²) in [5.41, 5.74) is 1.33. The molecule has 1 aromatic rings. The van der Waals surface area contributed by atoms with Crippen LogP contribution < -0.4 is 4.74 Å². The van der Waals surface area contributed by atoms with Crippen LogP contribution in [0.3, 0.4) is 0 Å². The molecule has 2 rings (SSSR count). The van der Waals surface area contributed by atoms with E-state index in [2.05, 4.69) is 0 Å². The van der Waals surface area contributed by atoms with Gasteiger partial charge in [0.2, 0.25) is 6.41 Å². The number of methoxy groups -OCH3 is 1. The molecular formula is C14H17ClN2O3. The van der Waals surface area contributed by atoms with E-state index in [1.165, 1.54) is 7.11 Å². The first-order valence-electron chi connectivity index (χ1n) is 6.39. The van der Waals surface area contributed by atoms with Crippen LogP contribution in [0.1, 0.15) is 15.9 Å². The molecule has 1 fully saturated rings. The van der Waals surface area contributed by atoms with Crippen molar-refractivity contribution < 1.29 is 14.3 Å². The Hall–Kier alpha value is -1.75. The second-order valence-electron chi connectivity index (χ2n) is 4.74. The van der Waals surface area contributed by atoms with Crippen molar-refractivity contribution >= 4 is 23.9 Å². The lowest BCUT2D eigenvalue weighted by Gasteiger charge is -2.32. The Kier molecular flexibility index (Phi) is 4.49. The van der Waals surface area contributed by atoms with Crippen molar-refractivity contribution in [1.82, 2.24) is 9.80 Å². The summed E-state index contributed by atoms with van der Waals surface area (Å²) >= 11 is 6.09. The van der Waals surface area contributed by atoms with Crippen molar-refractivity contribution in [2.45, 2.75) is 6.92 Å². The quantitative estimate of drug-likeness (QED) is 0.796. The molecule has 2 amide bonds. The van der Waals surface area contributed by atoms with Gasteiger partial charge in [0.05, 0.1) is 12.7 Å². The van der Waals surface area contributed by atoms with Crippen molar-refractivity contribution in [2.75, 3.05) is 33.3 Å². The van der Waals surface area contributed by atoms with E-state index < -0.39 is 0 Å². The molecule has 108 valence electrons. The summed E-state index contributed by atoms with van der Waals surface area (Å²) in [4.78, 5) is 26.6. The molecule has 1 saturated heterocycles. The third kappa shape index (κ3) is 2.88. The third-order valence-corrected chi connectivity index (χ3v) is 3.87. The Balaban J connectivity index is 2.21. The number of hydrogen-bond donors (Lipinski definition) is 0. The van der Waals surface area contributed by atoms with Crippen LogP contribution in [-0.2, 0) is 4.79 Å². The largest absolute Gasteiger partial charge is 0.496 e. The highest BCUT2D eigenvalue weighted by atomic mass is 35.5. The van der Waals surface area contributed by atoms with E-state index in [1.807, 2.05) is 6.92 Å². The van der Waals surface area contributed by atoms with Gasteiger partial charge in [-0.1, -0.05) is 11.6 Å². The zero-order valence-corrected chi connectivity index (χ0v) is 12.3. The smallest absolute Gasteiger partial charge is 0.257 e. The number of ether oxygens (including phenoxy) is 1. The van der Waals surface area contributed by atoms with Crippen LogP contribution in [0.25, 0.3) is 0 Å². The first-order chi connectivity index (χ1) is 9.56. The number of halogens is 1. The first kappa shape index (κ1) is 14.7. The fourth-order valence-corrected chi connectivity index (χ4v) is 2.36. The maximum absolute atomic E-state index is 12.5. The SMILES string of the molecule is COc1cc(C)c(Cl)cc1C(=O)N1CCN(C=O)CC1. The monoisotopic (exact) mass is 296 g/mol. The van der Waals surface area contributed by atoms with E-state index >= 15 is 0 Å². The van der Waals surface area contributed by atoms with Gasteiger partial charge in [0.1, 0.15) is 5.75 Å². The molecule has 1 aliphatic rings. The topological polar surface area (TPSA) is 49.9 Å². The van der Waals surface area contributed by atoms with Crippen LogP contribution in [0.2, 0.25) is 5.02 Å². The number of amides is 2. The summed E-state index contributed by atoms with van der Waals surface area (Å²) < 4.78 is 5.26. The molecule has 0 saturated carbocycles.